The molecule has 0 saturated heterocycles. The summed E-state index contributed by atoms with van der Waals surface area (Å²) >= 11 is 0. The van der Waals surface area contributed by atoms with Gasteiger partial charge >= 0.3 is 6.18 Å². The standard InChI is InChI=1S/C13H10F3N3O/c14-13(15,16)10-6-11(20)18-12-9(10)7-17-19(12)8-4-2-1-3-5-8/h1-5,7,10H,6H2,(H,18,20)/t10-/m1/s1. The van der Waals surface area contributed by atoms with Gasteiger partial charge in [0, 0.05) is 12.0 Å². The van der Waals surface area contributed by atoms with E-state index in [1.165, 1.54) is 10.9 Å². The first kappa shape index (κ1) is 12.7. The molecule has 1 aromatic heterocycles. The number of fused-ring (bicyclic) bond motifs is 1. The van der Waals surface area contributed by atoms with E-state index in [0.717, 1.165) is 0 Å². The molecule has 0 saturated carbocycles. The van der Waals surface area contributed by atoms with E-state index in [-0.39, 0.29) is 11.4 Å². The fraction of sp³-hybridized carbons (Fsp3) is 0.231. The van der Waals surface area contributed by atoms with Crippen molar-refractivity contribution >= 4 is 11.7 Å². The number of para-hydroxylation sites is 1. The molecular formula is C13H10F3N3O. The van der Waals surface area contributed by atoms with Crippen LogP contribution in [0.4, 0.5) is 19.0 Å². The largest absolute Gasteiger partial charge is 0.396 e. The molecule has 1 aliphatic heterocycles. The zero-order valence-corrected chi connectivity index (χ0v) is 10.2. The highest BCUT2D eigenvalue weighted by Crippen LogP contribution is 2.43. The third-order valence-corrected chi connectivity index (χ3v) is 3.22. The second-order valence-electron chi connectivity index (χ2n) is 4.54. The molecule has 1 atom stereocenters. The number of nitrogens with one attached hydrogen (secondary N) is 1. The Morgan fingerprint density at radius 3 is 2.60 bits per heavy atom. The molecule has 2 heterocycles. The van der Waals surface area contributed by atoms with E-state index < -0.39 is 24.4 Å². The molecule has 1 N–H and O–H groups in total. The van der Waals surface area contributed by atoms with Gasteiger partial charge in [-0.2, -0.15) is 18.3 Å². The number of carbonyl (C=O) groups excluding carboxylic acids is 1. The van der Waals surface area contributed by atoms with Crippen LogP contribution in [0.15, 0.2) is 36.5 Å². The van der Waals surface area contributed by atoms with E-state index in [0.29, 0.717) is 5.69 Å². The van der Waals surface area contributed by atoms with E-state index in [1.54, 1.807) is 30.3 Å². The van der Waals surface area contributed by atoms with E-state index in [9.17, 15) is 18.0 Å². The Labute approximate surface area is 112 Å². The summed E-state index contributed by atoms with van der Waals surface area (Å²) in [5.74, 6) is -2.36. The van der Waals surface area contributed by atoms with Crippen LogP contribution in [0.1, 0.15) is 17.9 Å². The van der Waals surface area contributed by atoms with Gasteiger partial charge in [-0.05, 0) is 12.1 Å². The summed E-state index contributed by atoms with van der Waals surface area (Å²) in [6, 6.07) is 8.69. The summed E-state index contributed by atoms with van der Waals surface area (Å²) < 4.78 is 40.3. The Balaban J connectivity index is 2.11. The Morgan fingerprint density at radius 1 is 1.25 bits per heavy atom. The summed E-state index contributed by atoms with van der Waals surface area (Å²) in [6.45, 7) is 0. The lowest BCUT2D eigenvalue weighted by Crippen LogP contribution is -2.31. The Morgan fingerprint density at radius 2 is 1.95 bits per heavy atom. The van der Waals surface area contributed by atoms with Gasteiger partial charge in [-0.25, -0.2) is 4.68 Å². The van der Waals surface area contributed by atoms with E-state index in [1.807, 2.05) is 0 Å². The highest BCUT2D eigenvalue weighted by molar-refractivity contribution is 5.94. The van der Waals surface area contributed by atoms with Crippen LogP contribution in [0, 0.1) is 0 Å². The summed E-state index contributed by atoms with van der Waals surface area (Å²) in [5.41, 5.74) is 0.595. The Bertz CT molecular complexity index is 649. The van der Waals surface area contributed by atoms with Crippen molar-refractivity contribution in [1.29, 1.82) is 0 Å². The molecule has 0 bridgehead atoms. The first-order valence-electron chi connectivity index (χ1n) is 5.96. The number of hydrogen-bond donors (Lipinski definition) is 1. The number of aromatic nitrogens is 2. The number of benzene rings is 1. The normalized spacial score (nSPS) is 18.6. The van der Waals surface area contributed by atoms with Crippen LogP contribution < -0.4 is 5.32 Å². The molecule has 3 rings (SSSR count). The summed E-state index contributed by atoms with van der Waals surface area (Å²) in [6.07, 6.45) is -3.89. The van der Waals surface area contributed by atoms with Gasteiger partial charge in [0.15, 0.2) is 0 Å². The fourth-order valence-corrected chi connectivity index (χ4v) is 2.28. The second-order valence-corrected chi connectivity index (χ2v) is 4.54. The van der Waals surface area contributed by atoms with Gasteiger partial charge in [-0.15, -0.1) is 0 Å². The van der Waals surface area contributed by atoms with Crippen LogP contribution in [0.5, 0.6) is 0 Å². The zero-order chi connectivity index (χ0) is 14.3. The zero-order valence-electron chi connectivity index (χ0n) is 10.2. The van der Waals surface area contributed by atoms with Crippen LogP contribution >= 0.6 is 0 Å². The SMILES string of the molecule is O=C1C[C@@H](C(F)(F)F)c2cnn(-c3ccccc3)c2N1. The van der Waals surface area contributed by atoms with Crippen molar-refractivity contribution in [1.82, 2.24) is 9.78 Å². The van der Waals surface area contributed by atoms with Gasteiger partial charge in [0.25, 0.3) is 0 Å². The molecule has 0 unspecified atom stereocenters. The fourth-order valence-electron chi connectivity index (χ4n) is 2.28. The van der Waals surface area contributed by atoms with E-state index >= 15 is 0 Å². The van der Waals surface area contributed by atoms with Gasteiger partial charge in [0.2, 0.25) is 5.91 Å². The van der Waals surface area contributed by atoms with Crippen molar-refractivity contribution < 1.29 is 18.0 Å². The van der Waals surface area contributed by atoms with Crippen molar-refractivity contribution in [3.05, 3.63) is 42.1 Å². The molecule has 0 radical (unpaired) electrons. The molecule has 2 aromatic rings. The summed E-state index contributed by atoms with van der Waals surface area (Å²) in [5, 5.41) is 6.44. The van der Waals surface area contributed by atoms with Crippen molar-refractivity contribution in [2.24, 2.45) is 0 Å². The van der Waals surface area contributed by atoms with Crippen molar-refractivity contribution in [3.63, 3.8) is 0 Å². The van der Waals surface area contributed by atoms with Crippen LogP contribution in [0.3, 0.4) is 0 Å². The number of alkyl halides is 3. The third kappa shape index (κ3) is 2.04. The van der Waals surface area contributed by atoms with Crippen LogP contribution in [0.2, 0.25) is 0 Å². The monoisotopic (exact) mass is 281 g/mol. The summed E-state index contributed by atoms with van der Waals surface area (Å²) in [7, 11) is 0. The molecule has 7 heteroatoms. The van der Waals surface area contributed by atoms with Gasteiger partial charge in [0.1, 0.15) is 5.82 Å². The minimum Gasteiger partial charge on any atom is -0.310 e. The average molecular weight is 281 g/mol. The molecule has 4 nitrogen and oxygen atoms in total. The number of anilines is 1. The van der Waals surface area contributed by atoms with E-state index in [4.69, 9.17) is 0 Å². The predicted molar refractivity (Wildman–Crippen MR) is 65.6 cm³/mol. The predicted octanol–water partition coefficient (Wildman–Crippen LogP) is 2.86. The molecule has 1 aromatic carbocycles. The number of amides is 1. The molecule has 0 fully saturated rings. The van der Waals surface area contributed by atoms with Gasteiger partial charge in [-0.3, -0.25) is 4.79 Å². The maximum absolute atomic E-state index is 13.0. The smallest absolute Gasteiger partial charge is 0.310 e. The average Bonchev–Trinajstić information content (AvgIpc) is 2.81. The van der Waals surface area contributed by atoms with Gasteiger partial charge in [0.05, 0.1) is 17.8 Å². The molecule has 0 spiro atoms. The molecule has 0 aliphatic carbocycles. The first-order valence-corrected chi connectivity index (χ1v) is 5.96. The van der Waals surface area contributed by atoms with Crippen LogP contribution in [-0.4, -0.2) is 21.9 Å². The number of halogens is 3. The molecular weight excluding hydrogens is 271 g/mol. The maximum atomic E-state index is 13.0. The number of rotatable bonds is 1. The highest BCUT2D eigenvalue weighted by atomic mass is 19.4. The molecule has 104 valence electrons. The second kappa shape index (κ2) is 4.36. The third-order valence-electron chi connectivity index (χ3n) is 3.22. The molecule has 20 heavy (non-hydrogen) atoms. The van der Waals surface area contributed by atoms with Gasteiger partial charge < -0.3 is 5.32 Å². The topological polar surface area (TPSA) is 46.9 Å². The van der Waals surface area contributed by atoms with Crippen molar-refractivity contribution in [3.8, 4) is 5.69 Å². The highest BCUT2D eigenvalue weighted by Gasteiger charge is 2.46. The molecule has 1 aliphatic rings. The number of hydrogen-bond acceptors (Lipinski definition) is 2. The Kier molecular flexibility index (Phi) is 2.77. The lowest BCUT2D eigenvalue weighted by atomic mass is 9.94. The minimum absolute atomic E-state index is 0.000882. The van der Waals surface area contributed by atoms with Gasteiger partial charge in [-0.1, -0.05) is 18.2 Å². The van der Waals surface area contributed by atoms with Crippen LogP contribution in [0.25, 0.3) is 5.69 Å². The number of carbonyl (C=O) groups is 1. The van der Waals surface area contributed by atoms with Crippen molar-refractivity contribution in [2.45, 2.75) is 18.5 Å². The lowest BCUT2D eigenvalue weighted by Gasteiger charge is -2.25. The van der Waals surface area contributed by atoms with Crippen molar-refractivity contribution in [2.75, 3.05) is 5.32 Å². The molecule has 1 amide bonds. The quantitative estimate of drug-likeness (QED) is 0.873. The Hall–Kier alpha value is -2.31. The van der Waals surface area contributed by atoms with Crippen LogP contribution in [-0.2, 0) is 4.79 Å². The number of nitrogens with zero attached hydrogens (tertiary/aromatic N) is 2. The maximum Gasteiger partial charge on any atom is 0.396 e. The first-order chi connectivity index (χ1) is 9.47. The van der Waals surface area contributed by atoms with E-state index in [2.05, 4.69) is 10.4 Å². The lowest BCUT2D eigenvalue weighted by molar-refractivity contribution is -0.156. The minimum atomic E-state index is -4.46. The summed E-state index contributed by atoms with van der Waals surface area (Å²) in [4.78, 5) is 11.5.